The van der Waals surface area contributed by atoms with E-state index in [1.807, 2.05) is 50.2 Å². The third-order valence-corrected chi connectivity index (χ3v) is 6.28. The van der Waals surface area contributed by atoms with Gasteiger partial charge >= 0.3 is 0 Å². The largest absolute Gasteiger partial charge is 0.279 e. The first kappa shape index (κ1) is 19.6. The number of nitrogens with zero attached hydrogens (tertiary/aromatic N) is 2. The van der Waals surface area contributed by atoms with E-state index in [4.69, 9.17) is 16.6 Å². The molecule has 4 rings (SSSR count). The third-order valence-electron chi connectivity index (χ3n) is 4.75. The Bertz CT molecular complexity index is 1170. The van der Waals surface area contributed by atoms with E-state index in [1.165, 1.54) is 23.5 Å². The minimum Gasteiger partial charge on any atom is -0.279 e. The van der Waals surface area contributed by atoms with Crippen molar-refractivity contribution in [3.8, 4) is 0 Å². The maximum Gasteiger partial charge on any atom is 0.261 e. The Morgan fingerprint density at radius 1 is 1.07 bits per heavy atom. The molecule has 0 fully saturated rings. The van der Waals surface area contributed by atoms with Gasteiger partial charge < -0.3 is 0 Å². The van der Waals surface area contributed by atoms with Gasteiger partial charge in [-0.3, -0.25) is 9.69 Å². The van der Waals surface area contributed by atoms with Gasteiger partial charge in [0.25, 0.3) is 5.91 Å². The highest BCUT2D eigenvalue weighted by Gasteiger charge is 2.24. The summed E-state index contributed by atoms with van der Waals surface area (Å²) < 4.78 is 14.5. The average Bonchev–Trinajstić information content (AvgIpc) is 3.16. The highest BCUT2D eigenvalue weighted by atomic mass is 35.5. The van der Waals surface area contributed by atoms with Gasteiger partial charge in [-0.1, -0.05) is 65.4 Å². The molecule has 146 valence electrons. The number of aryl methyl sites for hydroxylation is 2. The van der Waals surface area contributed by atoms with Crippen molar-refractivity contribution >= 4 is 44.2 Å². The number of carbonyl (C=O) groups is 1. The molecule has 4 aromatic rings. The standard InChI is InChI=1S/C23H18ClFN2OS/c1-14-8-9-15(2)21-20(14)26-23(29-21)27(13-16-6-4-3-5-7-16)22(28)18-11-10-17(25)12-19(18)24/h3-12H,13H2,1-2H3. The number of thiazole rings is 1. The Balaban J connectivity index is 1.83. The Morgan fingerprint density at radius 2 is 1.79 bits per heavy atom. The van der Waals surface area contributed by atoms with Crippen molar-refractivity contribution in [2.24, 2.45) is 0 Å². The predicted molar refractivity (Wildman–Crippen MR) is 117 cm³/mol. The van der Waals surface area contributed by atoms with E-state index in [-0.39, 0.29) is 16.5 Å². The molecule has 29 heavy (non-hydrogen) atoms. The number of rotatable bonds is 4. The predicted octanol–water partition coefficient (Wildman–Crippen LogP) is 6.55. The Labute approximate surface area is 177 Å². The SMILES string of the molecule is Cc1ccc(C)c2sc(N(Cc3ccccc3)C(=O)c3ccc(F)cc3Cl)nc12. The molecule has 0 spiro atoms. The van der Waals surface area contributed by atoms with E-state index in [0.29, 0.717) is 11.7 Å². The molecule has 0 N–H and O–H groups in total. The number of hydrogen-bond acceptors (Lipinski definition) is 3. The van der Waals surface area contributed by atoms with Crippen LogP contribution in [0.15, 0.2) is 60.7 Å². The molecule has 1 heterocycles. The fourth-order valence-corrected chi connectivity index (χ4v) is 4.52. The highest BCUT2D eigenvalue weighted by Crippen LogP contribution is 2.35. The zero-order chi connectivity index (χ0) is 20.5. The number of hydrogen-bond donors (Lipinski definition) is 0. The van der Waals surface area contributed by atoms with Gasteiger partial charge in [0.15, 0.2) is 5.13 Å². The molecule has 0 atom stereocenters. The quantitative estimate of drug-likeness (QED) is 0.372. The van der Waals surface area contributed by atoms with Gasteiger partial charge in [0.2, 0.25) is 0 Å². The summed E-state index contributed by atoms with van der Waals surface area (Å²) in [5.41, 5.74) is 4.27. The maximum absolute atomic E-state index is 13.5. The molecule has 0 aliphatic heterocycles. The van der Waals surface area contributed by atoms with Crippen molar-refractivity contribution in [2.45, 2.75) is 20.4 Å². The van der Waals surface area contributed by atoms with Crippen molar-refractivity contribution in [2.75, 3.05) is 4.90 Å². The van der Waals surface area contributed by atoms with Gasteiger partial charge in [-0.05, 0) is 48.7 Å². The molecular formula is C23H18ClFN2OS. The second-order valence-electron chi connectivity index (χ2n) is 6.87. The van der Waals surface area contributed by atoms with Gasteiger partial charge in [0, 0.05) is 0 Å². The second kappa shape index (κ2) is 7.93. The Kier molecular flexibility index (Phi) is 5.35. The van der Waals surface area contributed by atoms with Crippen LogP contribution in [0.25, 0.3) is 10.2 Å². The fourth-order valence-electron chi connectivity index (χ4n) is 3.16. The number of fused-ring (bicyclic) bond motifs is 1. The molecule has 6 heteroatoms. The highest BCUT2D eigenvalue weighted by molar-refractivity contribution is 7.22. The van der Waals surface area contributed by atoms with Gasteiger partial charge in [0.05, 0.1) is 27.3 Å². The zero-order valence-corrected chi connectivity index (χ0v) is 17.5. The van der Waals surface area contributed by atoms with Crippen LogP contribution in [0.1, 0.15) is 27.0 Å². The number of anilines is 1. The molecule has 3 nitrogen and oxygen atoms in total. The third kappa shape index (κ3) is 3.88. The molecule has 0 aliphatic rings. The van der Waals surface area contributed by atoms with Crippen molar-refractivity contribution in [1.82, 2.24) is 4.98 Å². The maximum atomic E-state index is 13.5. The van der Waals surface area contributed by atoms with Crippen LogP contribution in [0.5, 0.6) is 0 Å². The van der Waals surface area contributed by atoms with E-state index >= 15 is 0 Å². The van der Waals surface area contributed by atoms with Crippen molar-refractivity contribution in [3.63, 3.8) is 0 Å². The lowest BCUT2D eigenvalue weighted by Gasteiger charge is -2.20. The summed E-state index contributed by atoms with van der Waals surface area (Å²) in [6.45, 7) is 4.38. The Hall–Kier alpha value is -2.76. The smallest absolute Gasteiger partial charge is 0.261 e. The number of halogens is 2. The number of amides is 1. The van der Waals surface area contributed by atoms with Crippen molar-refractivity contribution in [3.05, 3.63) is 93.8 Å². The van der Waals surface area contributed by atoms with Crippen LogP contribution in [0.3, 0.4) is 0 Å². The van der Waals surface area contributed by atoms with Crippen LogP contribution in [0.2, 0.25) is 5.02 Å². The monoisotopic (exact) mass is 424 g/mol. The zero-order valence-electron chi connectivity index (χ0n) is 15.9. The fraction of sp³-hybridized carbons (Fsp3) is 0.130. The van der Waals surface area contributed by atoms with E-state index in [2.05, 4.69) is 6.07 Å². The molecule has 0 bridgehead atoms. The van der Waals surface area contributed by atoms with Gasteiger partial charge in [0.1, 0.15) is 5.82 Å². The molecule has 3 aromatic carbocycles. The van der Waals surface area contributed by atoms with Crippen LogP contribution < -0.4 is 4.90 Å². The average molecular weight is 425 g/mol. The van der Waals surface area contributed by atoms with Gasteiger partial charge in [-0.25, -0.2) is 9.37 Å². The summed E-state index contributed by atoms with van der Waals surface area (Å²) in [7, 11) is 0. The molecule has 1 amide bonds. The van der Waals surface area contributed by atoms with E-state index in [0.717, 1.165) is 33.0 Å². The molecule has 0 aliphatic carbocycles. The first-order chi connectivity index (χ1) is 13.9. The number of carbonyl (C=O) groups excluding carboxylic acids is 1. The summed E-state index contributed by atoms with van der Waals surface area (Å²) in [6, 6.07) is 17.6. The summed E-state index contributed by atoms with van der Waals surface area (Å²) in [5.74, 6) is -0.791. The topological polar surface area (TPSA) is 33.2 Å². The van der Waals surface area contributed by atoms with Crippen molar-refractivity contribution in [1.29, 1.82) is 0 Å². The lowest BCUT2D eigenvalue weighted by molar-refractivity contribution is 0.0985. The van der Waals surface area contributed by atoms with Gasteiger partial charge in [-0.2, -0.15) is 0 Å². The molecule has 0 saturated carbocycles. The molecule has 1 aromatic heterocycles. The first-order valence-corrected chi connectivity index (χ1v) is 10.3. The number of benzene rings is 3. The van der Waals surface area contributed by atoms with E-state index in [9.17, 15) is 9.18 Å². The first-order valence-electron chi connectivity index (χ1n) is 9.11. The Morgan fingerprint density at radius 3 is 2.48 bits per heavy atom. The van der Waals surface area contributed by atoms with Crippen molar-refractivity contribution < 1.29 is 9.18 Å². The minimum atomic E-state index is -0.479. The normalized spacial score (nSPS) is 11.0. The minimum absolute atomic E-state index is 0.0848. The second-order valence-corrected chi connectivity index (χ2v) is 8.26. The van der Waals surface area contributed by atoms with Crippen LogP contribution in [0.4, 0.5) is 9.52 Å². The lowest BCUT2D eigenvalue weighted by Crippen LogP contribution is -2.30. The molecule has 0 radical (unpaired) electrons. The van der Waals surface area contributed by atoms with Crippen LogP contribution in [-0.4, -0.2) is 10.9 Å². The lowest BCUT2D eigenvalue weighted by atomic mass is 10.1. The molecular weight excluding hydrogens is 407 g/mol. The molecule has 0 saturated heterocycles. The van der Waals surface area contributed by atoms with Crippen LogP contribution >= 0.6 is 22.9 Å². The van der Waals surface area contributed by atoms with Crippen LogP contribution in [-0.2, 0) is 6.54 Å². The summed E-state index contributed by atoms with van der Waals surface area (Å²) >= 11 is 7.66. The summed E-state index contributed by atoms with van der Waals surface area (Å²) in [5, 5.41) is 0.674. The summed E-state index contributed by atoms with van der Waals surface area (Å²) in [6.07, 6.45) is 0. The van der Waals surface area contributed by atoms with E-state index < -0.39 is 5.82 Å². The van der Waals surface area contributed by atoms with Gasteiger partial charge in [-0.15, -0.1) is 0 Å². The van der Waals surface area contributed by atoms with E-state index in [1.54, 1.807) is 4.90 Å². The summed E-state index contributed by atoms with van der Waals surface area (Å²) in [4.78, 5) is 19.8. The van der Waals surface area contributed by atoms with Crippen LogP contribution in [0, 0.1) is 19.7 Å². The molecule has 0 unspecified atom stereocenters. The number of aromatic nitrogens is 1.